The van der Waals surface area contributed by atoms with E-state index in [1.165, 1.54) is 11.1 Å². The maximum absolute atomic E-state index is 12.1. The highest BCUT2D eigenvalue weighted by molar-refractivity contribution is 9.10. The third-order valence-corrected chi connectivity index (χ3v) is 4.48. The van der Waals surface area contributed by atoms with Crippen molar-refractivity contribution in [3.8, 4) is 5.75 Å². The maximum atomic E-state index is 12.1. The lowest BCUT2D eigenvalue weighted by molar-refractivity contribution is 0.0990. The van der Waals surface area contributed by atoms with Crippen LogP contribution >= 0.6 is 15.9 Å². The van der Waals surface area contributed by atoms with Crippen LogP contribution in [0.1, 0.15) is 39.9 Å². The zero-order valence-corrected chi connectivity index (χ0v) is 12.4. The molecule has 0 spiro atoms. The SMILES string of the molecule is CNCC(=O)c1c(C)c2c(c(Br)c1O)CCCC2. The summed E-state index contributed by atoms with van der Waals surface area (Å²) in [5, 5.41) is 13.1. The number of ketones is 1. The van der Waals surface area contributed by atoms with E-state index in [1.807, 2.05) is 6.92 Å². The molecule has 98 valence electrons. The van der Waals surface area contributed by atoms with Crippen molar-refractivity contribution in [1.29, 1.82) is 0 Å². The summed E-state index contributed by atoms with van der Waals surface area (Å²) >= 11 is 3.45. The summed E-state index contributed by atoms with van der Waals surface area (Å²) in [7, 11) is 1.73. The first-order valence-corrected chi connectivity index (χ1v) is 7.07. The fourth-order valence-corrected chi connectivity index (χ4v) is 3.37. The topological polar surface area (TPSA) is 49.3 Å². The van der Waals surface area contributed by atoms with Gasteiger partial charge in [0.2, 0.25) is 0 Å². The lowest BCUT2D eigenvalue weighted by Crippen LogP contribution is -2.21. The Hall–Kier alpha value is -0.870. The Kier molecular flexibility index (Phi) is 4.07. The summed E-state index contributed by atoms with van der Waals surface area (Å²) < 4.78 is 0.710. The average Bonchev–Trinajstić information content (AvgIpc) is 2.37. The summed E-state index contributed by atoms with van der Waals surface area (Å²) in [6.07, 6.45) is 4.28. The van der Waals surface area contributed by atoms with Crippen molar-refractivity contribution in [2.24, 2.45) is 0 Å². The van der Waals surface area contributed by atoms with Crippen molar-refractivity contribution in [2.45, 2.75) is 32.6 Å². The van der Waals surface area contributed by atoms with Gasteiger partial charge in [0.25, 0.3) is 0 Å². The van der Waals surface area contributed by atoms with E-state index in [9.17, 15) is 9.90 Å². The molecular weight excluding hydrogens is 294 g/mol. The average molecular weight is 312 g/mol. The minimum atomic E-state index is -0.0541. The van der Waals surface area contributed by atoms with Gasteiger partial charge in [-0.3, -0.25) is 4.79 Å². The number of nitrogens with one attached hydrogen (secondary N) is 1. The molecule has 0 fully saturated rings. The van der Waals surface area contributed by atoms with Crippen molar-refractivity contribution < 1.29 is 9.90 Å². The van der Waals surface area contributed by atoms with E-state index in [1.54, 1.807) is 7.05 Å². The van der Waals surface area contributed by atoms with Gasteiger partial charge in [0, 0.05) is 0 Å². The molecule has 1 aliphatic carbocycles. The molecule has 0 radical (unpaired) electrons. The number of carbonyl (C=O) groups excluding carboxylic acids is 1. The largest absolute Gasteiger partial charge is 0.506 e. The molecule has 0 unspecified atom stereocenters. The van der Waals surface area contributed by atoms with Crippen LogP contribution < -0.4 is 5.32 Å². The number of phenols is 1. The van der Waals surface area contributed by atoms with Gasteiger partial charge in [0.15, 0.2) is 5.78 Å². The normalized spacial score (nSPS) is 14.4. The van der Waals surface area contributed by atoms with Gasteiger partial charge < -0.3 is 10.4 Å². The van der Waals surface area contributed by atoms with Gasteiger partial charge in [-0.15, -0.1) is 0 Å². The highest BCUT2D eigenvalue weighted by Crippen LogP contribution is 2.40. The Morgan fingerprint density at radius 2 is 1.94 bits per heavy atom. The van der Waals surface area contributed by atoms with Crippen LogP contribution in [0, 0.1) is 6.92 Å². The highest BCUT2D eigenvalue weighted by atomic mass is 79.9. The van der Waals surface area contributed by atoms with Crippen LogP contribution in [0.5, 0.6) is 5.75 Å². The minimum absolute atomic E-state index is 0.0541. The molecule has 2 N–H and O–H groups in total. The van der Waals surface area contributed by atoms with Gasteiger partial charge in [-0.05, 0) is 72.3 Å². The monoisotopic (exact) mass is 311 g/mol. The second-order valence-electron chi connectivity index (χ2n) is 4.78. The van der Waals surface area contributed by atoms with Crippen molar-refractivity contribution in [3.63, 3.8) is 0 Å². The second-order valence-corrected chi connectivity index (χ2v) is 5.57. The molecule has 0 saturated carbocycles. The Balaban J connectivity index is 2.60. The number of halogens is 1. The number of benzene rings is 1. The zero-order chi connectivity index (χ0) is 13.3. The number of Topliss-reactive ketones (excluding diaryl/α,β-unsaturated/α-hetero) is 1. The van der Waals surface area contributed by atoms with E-state index in [2.05, 4.69) is 21.2 Å². The third-order valence-electron chi connectivity index (χ3n) is 3.62. The van der Waals surface area contributed by atoms with E-state index < -0.39 is 0 Å². The van der Waals surface area contributed by atoms with Gasteiger partial charge in [-0.1, -0.05) is 0 Å². The van der Waals surface area contributed by atoms with Crippen molar-refractivity contribution in [3.05, 3.63) is 26.7 Å². The molecule has 0 atom stereocenters. The lowest BCUT2D eigenvalue weighted by atomic mass is 9.85. The molecular formula is C14H18BrNO2. The first kappa shape index (κ1) is 13.6. The Bertz CT molecular complexity index is 497. The maximum Gasteiger partial charge on any atom is 0.180 e. The van der Waals surface area contributed by atoms with Crippen molar-refractivity contribution in [2.75, 3.05) is 13.6 Å². The number of hydrogen-bond acceptors (Lipinski definition) is 3. The van der Waals surface area contributed by atoms with E-state index >= 15 is 0 Å². The van der Waals surface area contributed by atoms with Crippen LogP contribution in [0.15, 0.2) is 4.47 Å². The molecule has 4 heteroatoms. The molecule has 0 heterocycles. The predicted octanol–water partition coefficient (Wildman–Crippen LogP) is 2.74. The molecule has 1 aliphatic rings. The number of rotatable bonds is 3. The summed E-state index contributed by atoms with van der Waals surface area (Å²) in [5.74, 6) is 0.0509. The van der Waals surface area contributed by atoms with E-state index in [4.69, 9.17) is 0 Å². The van der Waals surface area contributed by atoms with E-state index in [-0.39, 0.29) is 18.1 Å². The van der Waals surface area contributed by atoms with Gasteiger partial charge in [0.1, 0.15) is 5.75 Å². The van der Waals surface area contributed by atoms with Crippen LogP contribution in [-0.2, 0) is 12.8 Å². The van der Waals surface area contributed by atoms with Gasteiger partial charge in [-0.2, -0.15) is 0 Å². The molecule has 0 amide bonds. The molecule has 0 aromatic heterocycles. The molecule has 2 rings (SSSR count). The summed E-state index contributed by atoms with van der Waals surface area (Å²) in [5.41, 5.74) is 3.84. The fourth-order valence-electron chi connectivity index (χ4n) is 2.73. The number of aromatic hydroxyl groups is 1. The Morgan fingerprint density at radius 1 is 1.33 bits per heavy atom. The standard InChI is InChI=1S/C14H18BrNO2/c1-8-9-5-3-4-6-10(9)13(15)14(18)12(8)11(17)7-16-2/h16,18H,3-7H2,1-2H3. The first-order chi connectivity index (χ1) is 8.57. The Morgan fingerprint density at radius 3 is 2.56 bits per heavy atom. The number of likely N-dealkylation sites (N-methyl/N-ethyl adjacent to an activating group) is 1. The third kappa shape index (κ3) is 2.19. The van der Waals surface area contributed by atoms with Crippen molar-refractivity contribution in [1.82, 2.24) is 5.32 Å². The summed E-state index contributed by atoms with van der Waals surface area (Å²) in [6, 6.07) is 0. The molecule has 18 heavy (non-hydrogen) atoms. The van der Waals surface area contributed by atoms with E-state index in [0.29, 0.717) is 10.0 Å². The molecule has 0 saturated heterocycles. The molecule has 1 aromatic rings. The quantitative estimate of drug-likeness (QED) is 0.844. The zero-order valence-electron chi connectivity index (χ0n) is 10.8. The van der Waals surface area contributed by atoms with Crippen molar-refractivity contribution >= 4 is 21.7 Å². The number of fused-ring (bicyclic) bond motifs is 1. The molecule has 1 aromatic carbocycles. The van der Waals surface area contributed by atoms with Gasteiger partial charge in [0.05, 0.1) is 16.6 Å². The smallest absolute Gasteiger partial charge is 0.180 e. The molecule has 0 aliphatic heterocycles. The summed E-state index contributed by atoms with van der Waals surface area (Å²) in [6.45, 7) is 2.19. The Labute approximate surface area is 116 Å². The predicted molar refractivity (Wildman–Crippen MR) is 75.4 cm³/mol. The van der Waals surface area contributed by atoms with Gasteiger partial charge >= 0.3 is 0 Å². The van der Waals surface area contributed by atoms with Crippen LogP contribution in [0.4, 0.5) is 0 Å². The highest BCUT2D eigenvalue weighted by Gasteiger charge is 2.25. The lowest BCUT2D eigenvalue weighted by Gasteiger charge is -2.23. The molecule has 3 nitrogen and oxygen atoms in total. The van der Waals surface area contributed by atoms with Crippen LogP contribution in [0.2, 0.25) is 0 Å². The first-order valence-electron chi connectivity index (χ1n) is 6.28. The van der Waals surface area contributed by atoms with Crippen LogP contribution in [0.3, 0.4) is 0 Å². The van der Waals surface area contributed by atoms with E-state index in [0.717, 1.165) is 31.2 Å². The second kappa shape index (κ2) is 5.41. The minimum Gasteiger partial charge on any atom is -0.506 e. The van der Waals surface area contributed by atoms with Crippen LogP contribution in [-0.4, -0.2) is 24.5 Å². The number of carbonyl (C=O) groups is 1. The van der Waals surface area contributed by atoms with Crippen LogP contribution in [0.25, 0.3) is 0 Å². The molecule has 0 bridgehead atoms. The number of phenolic OH excluding ortho intramolecular Hbond substituents is 1. The fraction of sp³-hybridized carbons (Fsp3) is 0.500. The number of hydrogen-bond donors (Lipinski definition) is 2. The summed E-state index contributed by atoms with van der Waals surface area (Å²) in [4.78, 5) is 12.1. The van der Waals surface area contributed by atoms with Gasteiger partial charge in [-0.25, -0.2) is 0 Å².